The van der Waals surface area contributed by atoms with Gasteiger partial charge in [-0.1, -0.05) is 29.3 Å². The summed E-state index contributed by atoms with van der Waals surface area (Å²) in [6.07, 6.45) is 0.656. The number of benzene rings is 1. The molecule has 1 atom stereocenters. The van der Waals surface area contributed by atoms with Crippen molar-refractivity contribution in [1.82, 2.24) is 10.6 Å². The standard InChI is InChI=1S/C17H22N2O3S/c1-10-6-11(2)8-13(7-10)4-5-22-16(21)15-12(3)18-17(23)19-14(15)9-20/h6-8,14,20H,4-5,9H2,1-3H3,(H2,18,19,23). The van der Waals surface area contributed by atoms with Crippen molar-refractivity contribution in [2.75, 3.05) is 13.2 Å². The Balaban J connectivity index is 1.98. The number of nitrogens with one attached hydrogen (secondary N) is 2. The molecule has 6 heteroatoms. The molecule has 0 saturated heterocycles. The van der Waals surface area contributed by atoms with E-state index in [0.717, 1.165) is 5.56 Å². The van der Waals surface area contributed by atoms with Crippen molar-refractivity contribution in [3.8, 4) is 0 Å². The Morgan fingerprint density at radius 1 is 1.26 bits per heavy atom. The largest absolute Gasteiger partial charge is 0.462 e. The Morgan fingerprint density at radius 3 is 2.52 bits per heavy atom. The number of carbonyl (C=O) groups is 1. The van der Waals surface area contributed by atoms with E-state index >= 15 is 0 Å². The van der Waals surface area contributed by atoms with Crippen molar-refractivity contribution in [1.29, 1.82) is 0 Å². The molecule has 0 aliphatic carbocycles. The number of allylic oxidation sites excluding steroid dienone is 1. The molecule has 1 heterocycles. The van der Waals surface area contributed by atoms with E-state index in [1.165, 1.54) is 11.1 Å². The number of carbonyl (C=O) groups excluding carboxylic acids is 1. The Bertz CT molecular complexity index is 635. The quantitative estimate of drug-likeness (QED) is 0.560. The first-order valence-electron chi connectivity index (χ1n) is 7.54. The van der Waals surface area contributed by atoms with Gasteiger partial charge in [0.2, 0.25) is 0 Å². The third kappa shape index (κ3) is 4.53. The molecule has 5 nitrogen and oxygen atoms in total. The molecule has 1 aromatic carbocycles. The number of hydrogen-bond acceptors (Lipinski definition) is 4. The number of thiocarbonyl (C=S) groups is 1. The Kier molecular flexibility index (Phi) is 5.74. The average molecular weight is 334 g/mol. The van der Waals surface area contributed by atoms with E-state index in [-0.39, 0.29) is 6.61 Å². The molecule has 1 aliphatic rings. The summed E-state index contributed by atoms with van der Waals surface area (Å²) >= 11 is 5.02. The van der Waals surface area contributed by atoms with Crippen LogP contribution in [0.15, 0.2) is 29.5 Å². The first-order valence-corrected chi connectivity index (χ1v) is 7.95. The molecule has 1 aliphatic heterocycles. The zero-order valence-electron chi connectivity index (χ0n) is 13.6. The topological polar surface area (TPSA) is 70.6 Å². The van der Waals surface area contributed by atoms with Gasteiger partial charge in [-0.2, -0.15) is 0 Å². The summed E-state index contributed by atoms with van der Waals surface area (Å²) in [5.41, 5.74) is 4.53. The second-order valence-corrected chi connectivity index (χ2v) is 6.16. The van der Waals surface area contributed by atoms with Crippen molar-refractivity contribution < 1.29 is 14.6 Å². The van der Waals surface area contributed by atoms with Crippen LogP contribution >= 0.6 is 12.2 Å². The van der Waals surface area contributed by atoms with Gasteiger partial charge in [0.1, 0.15) is 0 Å². The minimum atomic E-state index is -0.530. The first-order chi connectivity index (χ1) is 10.9. The normalized spacial score (nSPS) is 17.6. The van der Waals surface area contributed by atoms with Gasteiger partial charge >= 0.3 is 5.97 Å². The number of aryl methyl sites for hydroxylation is 2. The maximum atomic E-state index is 12.3. The highest BCUT2D eigenvalue weighted by molar-refractivity contribution is 7.80. The van der Waals surface area contributed by atoms with Gasteiger partial charge < -0.3 is 20.5 Å². The third-order valence-corrected chi connectivity index (χ3v) is 3.89. The Morgan fingerprint density at radius 2 is 1.91 bits per heavy atom. The molecule has 0 aromatic heterocycles. The van der Waals surface area contributed by atoms with Gasteiger partial charge in [-0.3, -0.25) is 0 Å². The molecule has 0 bridgehead atoms. The number of aliphatic hydroxyl groups excluding tert-OH is 1. The average Bonchev–Trinajstić information content (AvgIpc) is 2.45. The van der Waals surface area contributed by atoms with Crippen LogP contribution in [0.1, 0.15) is 23.6 Å². The predicted octanol–water partition coefficient (Wildman–Crippen LogP) is 1.50. The SMILES string of the molecule is CC1=C(C(=O)OCCc2cc(C)cc(C)c2)C(CO)NC(=S)N1. The van der Waals surface area contributed by atoms with E-state index < -0.39 is 12.0 Å². The van der Waals surface area contributed by atoms with Crippen molar-refractivity contribution in [3.05, 3.63) is 46.2 Å². The molecule has 124 valence electrons. The van der Waals surface area contributed by atoms with Gasteiger partial charge in [0.25, 0.3) is 0 Å². The molecule has 0 amide bonds. The Labute approximate surface area is 141 Å². The number of aliphatic hydroxyl groups is 1. The molecule has 1 unspecified atom stereocenters. The molecular weight excluding hydrogens is 312 g/mol. The van der Waals surface area contributed by atoms with Crippen LogP contribution in [-0.4, -0.2) is 35.4 Å². The van der Waals surface area contributed by atoms with E-state index in [0.29, 0.717) is 29.4 Å². The number of hydrogen-bond donors (Lipinski definition) is 3. The zero-order chi connectivity index (χ0) is 17.0. The van der Waals surface area contributed by atoms with E-state index in [9.17, 15) is 9.90 Å². The van der Waals surface area contributed by atoms with Crippen LogP contribution in [0.2, 0.25) is 0 Å². The summed E-state index contributed by atoms with van der Waals surface area (Å²) in [7, 11) is 0. The van der Waals surface area contributed by atoms with Gasteiger partial charge in [0.05, 0.1) is 24.8 Å². The molecule has 2 rings (SSSR count). The molecule has 0 spiro atoms. The van der Waals surface area contributed by atoms with Crippen LogP contribution in [-0.2, 0) is 16.0 Å². The van der Waals surface area contributed by atoms with E-state index in [2.05, 4.69) is 28.8 Å². The summed E-state index contributed by atoms with van der Waals surface area (Å²) < 4.78 is 5.37. The van der Waals surface area contributed by atoms with Gasteiger partial charge in [0.15, 0.2) is 5.11 Å². The highest BCUT2D eigenvalue weighted by Gasteiger charge is 2.28. The Hall–Kier alpha value is -1.92. The summed E-state index contributed by atoms with van der Waals surface area (Å²) in [6, 6.07) is 5.75. The molecule has 0 radical (unpaired) electrons. The number of rotatable bonds is 5. The van der Waals surface area contributed by atoms with Crippen LogP contribution in [0, 0.1) is 13.8 Å². The van der Waals surface area contributed by atoms with Gasteiger partial charge in [-0.05, 0) is 38.6 Å². The van der Waals surface area contributed by atoms with Gasteiger partial charge in [-0.25, -0.2) is 4.79 Å². The molecule has 23 heavy (non-hydrogen) atoms. The molecular formula is C17H22N2O3S. The maximum absolute atomic E-state index is 12.3. The fourth-order valence-electron chi connectivity index (χ4n) is 2.75. The number of esters is 1. The van der Waals surface area contributed by atoms with E-state index in [1.54, 1.807) is 6.92 Å². The molecule has 3 N–H and O–H groups in total. The van der Waals surface area contributed by atoms with Gasteiger partial charge in [0, 0.05) is 12.1 Å². The van der Waals surface area contributed by atoms with Crippen molar-refractivity contribution in [2.24, 2.45) is 0 Å². The fourth-order valence-corrected chi connectivity index (χ4v) is 3.05. The van der Waals surface area contributed by atoms with Crippen molar-refractivity contribution >= 4 is 23.3 Å². The second-order valence-electron chi connectivity index (χ2n) is 5.75. The van der Waals surface area contributed by atoms with Crippen LogP contribution in [0.5, 0.6) is 0 Å². The third-order valence-electron chi connectivity index (χ3n) is 3.67. The second kappa shape index (κ2) is 7.57. The lowest BCUT2D eigenvalue weighted by atomic mass is 10.0. The van der Waals surface area contributed by atoms with Crippen LogP contribution in [0.25, 0.3) is 0 Å². The predicted molar refractivity (Wildman–Crippen MR) is 93.0 cm³/mol. The first kappa shape index (κ1) is 17.4. The highest BCUT2D eigenvalue weighted by atomic mass is 32.1. The fraction of sp³-hybridized carbons (Fsp3) is 0.412. The lowest BCUT2D eigenvalue weighted by Gasteiger charge is -2.28. The highest BCUT2D eigenvalue weighted by Crippen LogP contribution is 2.15. The summed E-state index contributed by atoms with van der Waals surface area (Å²) in [4.78, 5) is 12.3. The smallest absolute Gasteiger partial charge is 0.337 e. The van der Waals surface area contributed by atoms with Gasteiger partial charge in [-0.15, -0.1) is 0 Å². The van der Waals surface area contributed by atoms with Crippen LogP contribution < -0.4 is 10.6 Å². The zero-order valence-corrected chi connectivity index (χ0v) is 14.4. The van der Waals surface area contributed by atoms with Crippen molar-refractivity contribution in [2.45, 2.75) is 33.2 Å². The molecule has 1 aromatic rings. The summed E-state index contributed by atoms with van der Waals surface area (Å²) in [5.74, 6) is -0.437. The summed E-state index contributed by atoms with van der Waals surface area (Å²) in [5, 5.41) is 15.6. The van der Waals surface area contributed by atoms with E-state index in [4.69, 9.17) is 17.0 Å². The minimum absolute atomic E-state index is 0.222. The molecule has 0 fully saturated rings. The molecule has 0 saturated carbocycles. The van der Waals surface area contributed by atoms with Crippen LogP contribution in [0.4, 0.5) is 0 Å². The number of ether oxygens (including phenoxy) is 1. The van der Waals surface area contributed by atoms with Crippen LogP contribution in [0.3, 0.4) is 0 Å². The van der Waals surface area contributed by atoms with E-state index in [1.807, 2.05) is 13.8 Å². The lowest BCUT2D eigenvalue weighted by Crippen LogP contribution is -2.51. The summed E-state index contributed by atoms with van der Waals surface area (Å²) in [6.45, 7) is 5.91. The maximum Gasteiger partial charge on any atom is 0.337 e. The lowest BCUT2D eigenvalue weighted by molar-refractivity contribution is -0.139. The minimum Gasteiger partial charge on any atom is -0.462 e. The monoisotopic (exact) mass is 334 g/mol. The van der Waals surface area contributed by atoms with Crippen molar-refractivity contribution in [3.63, 3.8) is 0 Å².